The zero-order chi connectivity index (χ0) is 35.0. The van der Waals surface area contributed by atoms with Crippen LogP contribution in [0, 0.1) is 5.82 Å². The highest BCUT2D eigenvalue weighted by Gasteiger charge is 2.55. The third kappa shape index (κ3) is 6.02. The highest BCUT2D eigenvalue weighted by molar-refractivity contribution is 7.96. The van der Waals surface area contributed by atoms with Crippen molar-refractivity contribution in [3.63, 3.8) is 0 Å². The summed E-state index contributed by atoms with van der Waals surface area (Å²) in [7, 11) is -2.65. The van der Waals surface area contributed by atoms with Gasteiger partial charge in [0.25, 0.3) is 5.91 Å². The van der Waals surface area contributed by atoms with E-state index in [9.17, 15) is 4.39 Å². The Hall–Kier alpha value is -5.09. The van der Waals surface area contributed by atoms with Crippen LogP contribution in [0.1, 0.15) is 52.9 Å². The summed E-state index contributed by atoms with van der Waals surface area (Å²) in [5.41, 5.74) is 6.37. The number of carbonyl (C=O) groups excluding carboxylic acids is 1. The van der Waals surface area contributed by atoms with Gasteiger partial charge in [-0.25, -0.2) is 4.39 Å². The number of benzene rings is 6. The summed E-state index contributed by atoms with van der Waals surface area (Å²) < 4.78 is 17.1. The largest absolute Gasteiger partial charge is 1.00 e. The molecule has 1 atom stereocenters. The van der Waals surface area contributed by atoms with Gasteiger partial charge in [-0.3, -0.25) is 4.79 Å². The van der Waals surface area contributed by atoms with Crippen LogP contribution in [-0.4, -0.2) is 10.5 Å². The van der Waals surface area contributed by atoms with Crippen LogP contribution in [-0.2, 0) is 6.54 Å². The van der Waals surface area contributed by atoms with Crippen LogP contribution in [0.5, 0.6) is 0 Å². The maximum Gasteiger partial charge on any atom is 0.275 e. The predicted molar refractivity (Wildman–Crippen MR) is 211 cm³/mol. The monoisotopic (exact) mass is 764 g/mol. The minimum atomic E-state index is -2.65. The molecule has 7 aromatic rings. The molecule has 0 fully saturated rings. The highest BCUT2D eigenvalue weighted by atomic mass is 79.9. The summed E-state index contributed by atoms with van der Waals surface area (Å²) in [5.74, 6) is -0.313. The summed E-state index contributed by atoms with van der Waals surface area (Å²) in [5, 5.41) is 3.63. The molecule has 1 amide bonds. The Morgan fingerprint density at radius 3 is 1.60 bits per heavy atom. The molecule has 258 valence electrons. The Morgan fingerprint density at radius 1 is 0.596 bits per heavy atom. The molecule has 1 unspecified atom stereocenters. The Bertz CT molecular complexity index is 2200. The third-order valence-electron chi connectivity index (χ3n) is 10.1. The van der Waals surface area contributed by atoms with Gasteiger partial charge in [0.1, 0.15) is 40.3 Å². The fourth-order valence-corrected chi connectivity index (χ4v) is 12.9. The zero-order valence-corrected chi connectivity index (χ0v) is 31.6. The van der Waals surface area contributed by atoms with Gasteiger partial charge in [-0.05, 0) is 97.3 Å². The average molecular weight is 766 g/mol. The van der Waals surface area contributed by atoms with E-state index in [1.165, 1.54) is 15.9 Å². The van der Waals surface area contributed by atoms with Gasteiger partial charge in [0.2, 0.25) is 0 Å². The number of aromatic nitrogens is 1. The summed E-state index contributed by atoms with van der Waals surface area (Å²) >= 11 is 0. The normalized spacial score (nSPS) is 13.2. The molecule has 0 N–H and O–H groups in total. The summed E-state index contributed by atoms with van der Waals surface area (Å²) in [4.78, 5) is 17.1. The second kappa shape index (κ2) is 14.9. The lowest BCUT2D eigenvalue weighted by Crippen LogP contribution is -3.00. The summed E-state index contributed by atoms with van der Waals surface area (Å²) in [6, 6.07) is 60.0. The van der Waals surface area contributed by atoms with Crippen LogP contribution in [0.3, 0.4) is 0 Å². The van der Waals surface area contributed by atoms with E-state index in [0.29, 0.717) is 12.2 Å². The number of nitrogens with zero attached hydrogens (tertiary/aromatic N) is 2. The summed E-state index contributed by atoms with van der Waals surface area (Å²) in [6.45, 7) is 4.80. The molecule has 3 nitrogen and oxygen atoms in total. The minimum Gasteiger partial charge on any atom is -1.00 e. The second-order valence-electron chi connectivity index (χ2n) is 13.4. The van der Waals surface area contributed by atoms with Crippen molar-refractivity contribution in [3.8, 4) is 11.1 Å². The third-order valence-corrected chi connectivity index (χ3v) is 14.8. The van der Waals surface area contributed by atoms with Crippen molar-refractivity contribution in [3.05, 3.63) is 204 Å². The van der Waals surface area contributed by atoms with Crippen LogP contribution >= 0.6 is 7.26 Å². The number of anilines is 1. The van der Waals surface area contributed by atoms with E-state index in [0.717, 1.165) is 33.6 Å². The fourth-order valence-electron chi connectivity index (χ4n) is 7.96. The Morgan fingerprint density at radius 2 is 1.08 bits per heavy atom. The van der Waals surface area contributed by atoms with Crippen molar-refractivity contribution in [2.24, 2.45) is 0 Å². The molecule has 1 aliphatic rings. The molecule has 0 aliphatic carbocycles. The molecule has 0 radical (unpaired) electrons. The van der Waals surface area contributed by atoms with Crippen LogP contribution in [0.25, 0.3) is 11.1 Å². The Kier molecular flexibility index (Phi) is 10.1. The molecule has 52 heavy (non-hydrogen) atoms. The van der Waals surface area contributed by atoms with Crippen molar-refractivity contribution in [2.75, 3.05) is 4.90 Å². The number of rotatable bonds is 8. The quantitative estimate of drug-likeness (QED) is 0.152. The standard InChI is InChI=1S/C46H39FN2OP.BrH/c1-33(2)49-43(31-42-41-26-16-15-17-35(41)32-48(46(50)44(42)49)37-18-7-3-8-19-37)45(34-27-29-36(47)30-28-34)51(38-20-9-4-10-21-38,39-22-11-5-12-23-39)40-24-13-6-14-25-40;/h3-31,33,45H,32H2,1-2H3;1H/q+1;/p-1. The van der Waals surface area contributed by atoms with Gasteiger partial charge in [-0.1, -0.05) is 109 Å². The lowest BCUT2D eigenvalue weighted by atomic mass is 10.00. The Labute approximate surface area is 316 Å². The molecule has 1 aliphatic heterocycles. The van der Waals surface area contributed by atoms with Gasteiger partial charge < -0.3 is 26.4 Å². The predicted octanol–water partition coefficient (Wildman–Crippen LogP) is 7.12. The molecule has 1 aromatic heterocycles. The van der Waals surface area contributed by atoms with Crippen LogP contribution in [0.4, 0.5) is 10.1 Å². The smallest absolute Gasteiger partial charge is 0.275 e. The van der Waals surface area contributed by atoms with E-state index in [1.54, 1.807) is 12.1 Å². The number of hydrogen-bond donors (Lipinski definition) is 0. The van der Waals surface area contributed by atoms with Crippen LogP contribution in [0.2, 0.25) is 0 Å². The van der Waals surface area contributed by atoms with Crippen LogP contribution < -0.4 is 37.8 Å². The van der Waals surface area contributed by atoms with Crippen molar-refractivity contribution in [1.29, 1.82) is 0 Å². The van der Waals surface area contributed by atoms with E-state index in [-0.39, 0.29) is 40.4 Å². The zero-order valence-electron chi connectivity index (χ0n) is 29.1. The van der Waals surface area contributed by atoms with E-state index in [4.69, 9.17) is 0 Å². The van der Waals surface area contributed by atoms with Crippen molar-refractivity contribution in [2.45, 2.75) is 32.1 Å². The van der Waals surface area contributed by atoms with Gasteiger partial charge in [0, 0.05) is 17.3 Å². The minimum absolute atomic E-state index is 0. The van der Waals surface area contributed by atoms with E-state index in [2.05, 4.69) is 140 Å². The van der Waals surface area contributed by atoms with Gasteiger partial charge >= 0.3 is 0 Å². The van der Waals surface area contributed by atoms with E-state index < -0.39 is 7.26 Å². The molecule has 0 saturated carbocycles. The van der Waals surface area contributed by atoms with Crippen molar-refractivity contribution < 1.29 is 26.2 Å². The molecule has 2 heterocycles. The highest BCUT2D eigenvalue weighted by Crippen LogP contribution is 2.69. The first kappa shape index (κ1) is 35.3. The first-order valence-corrected chi connectivity index (χ1v) is 19.4. The molecular formula is C46H39BrFN2OP. The number of halogens is 2. The van der Waals surface area contributed by atoms with Gasteiger partial charge in [-0.2, -0.15) is 0 Å². The van der Waals surface area contributed by atoms with Gasteiger partial charge in [0.05, 0.1) is 12.2 Å². The van der Waals surface area contributed by atoms with Crippen molar-refractivity contribution in [1.82, 2.24) is 4.57 Å². The van der Waals surface area contributed by atoms with Crippen LogP contribution in [0.15, 0.2) is 176 Å². The van der Waals surface area contributed by atoms with E-state index >= 15 is 4.79 Å². The maximum atomic E-state index is 15.2. The molecule has 8 rings (SSSR count). The first-order chi connectivity index (χ1) is 25.0. The molecule has 6 aromatic carbocycles. The molecule has 0 saturated heterocycles. The Balaban J connectivity index is 0.00000420. The lowest BCUT2D eigenvalue weighted by molar-refractivity contribution is -0.0000181. The average Bonchev–Trinajstić information content (AvgIpc) is 3.53. The topological polar surface area (TPSA) is 25.2 Å². The molecular weight excluding hydrogens is 726 g/mol. The fraction of sp³-hybridized carbons (Fsp3) is 0.109. The summed E-state index contributed by atoms with van der Waals surface area (Å²) in [6.07, 6.45) is 0. The number of hydrogen-bond acceptors (Lipinski definition) is 1. The maximum absolute atomic E-state index is 15.2. The molecule has 6 heteroatoms. The van der Waals surface area contributed by atoms with Gasteiger partial charge in [0.15, 0.2) is 0 Å². The van der Waals surface area contributed by atoms with Gasteiger partial charge in [-0.15, -0.1) is 0 Å². The van der Waals surface area contributed by atoms with Crippen molar-refractivity contribution >= 4 is 34.8 Å². The SMILES string of the molecule is CC(C)n1c(C(c2ccc(F)cc2)[P+](c2ccccc2)(c2ccccc2)c2ccccc2)cc2c1C(=O)N(c1ccccc1)Cc1ccccc1-2.[Br-]. The number of amides is 1. The molecule has 0 bridgehead atoms. The number of fused-ring (bicyclic) bond motifs is 3. The lowest BCUT2D eigenvalue weighted by Gasteiger charge is -2.36. The first-order valence-electron chi connectivity index (χ1n) is 17.5. The number of carbonyl (C=O) groups is 1. The van der Waals surface area contributed by atoms with E-state index in [1.807, 2.05) is 47.4 Å². The number of para-hydroxylation sites is 1. The molecule has 0 spiro atoms. The second-order valence-corrected chi connectivity index (χ2v) is 16.9.